The van der Waals surface area contributed by atoms with Crippen LogP contribution in [0.25, 0.3) is 11.1 Å². The van der Waals surface area contributed by atoms with E-state index >= 15 is 0 Å². The van der Waals surface area contributed by atoms with Crippen LogP contribution in [0.3, 0.4) is 0 Å². The molecule has 3 rings (SSSR count). The monoisotopic (exact) mass is 323 g/mol. The number of para-hydroxylation sites is 2. The molecule has 1 aromatic carbocycles. The van der Waals surface area contributed by atoms with Crippen molar-refractivity contribution in [3.63, 3.8) is 0 Å². The van der Waals surface area contributed by atoms with Gasteiger partial charge in [0.05, 0.1) is 11.3 Å². The van der Waals surface area contributed by atoms with Gasteiger partial charge in [0.2, 0.25) is 5.89 Å². The van der Waals surface area contributed by atoms with Gasteiger partial charge in [-0.25, -0.2) is 4.79 Å². The normalized spacial score (nSPS) is 11.3. The fourth-order valence-corrected chi connectivity index (χ4v) is 2.99. The van der Waals surface area contributed by atoms with Crippen molar-refractivity contribution in [2.75, 3.05) is 12.0 Å². The maximum absolute atomic E-state index is 11.8. The number of hydrogen-bond acceptors (Lipinski definition) is 7. The largest absolute Gasteiger partial charge is 0.419 e. The van der Waals surface area contributed by atoms with E-state index in [2.05, 4.69) is 10.2 Å². The highest BCUT2D eigenvalue weighted by Crippen LogP contribution is 2.19. The smallest absolute Gasteiger partial charge is 0.415 e. The zero-order valence-electron chi connectivity index (χ0n) is 11.3. The number of aryl methyl sites for hydroxylation is 1. The SMILES string of the molecule is CSCc1nnc(SCCn2c(=O)oc3ccccc32)o1. The summed E-state index contributed by atoms with van der Waals surface area (Å²) >= 11 is 3.06. The summed E-state index contributed by atoms with van der Waals surface area (Å²) in [6.07, 6.45) is 1.98. The second-order valence-electron chi connectivity index (χ2n) is 4.23. The standard InChI is InChI=1S/C13H13N3O3S2/c1-20-8-11-14-15-12(19-11)21-7-6-16-9-4-2-3-5-10(9)18-13(16)17/h2-5H,6-8H2,1H3. The molecule has 0 N–H and O–H groups in total. The fraction of sp³-hybridized carbons (Fsp3) is 0.308. The summed E-state index contributed by atoms with van der Waals surface area (Å²) in [6.45, 7) is 0.529. The van der Waals surface area contributed by atoms with Gasteiger partial charge >= 0.3 is 5.76 Å². The minimum Gasteiger partial charge on any atom is -0.415 e. The van der Waals surface area contributed by atoms with Gasteiger partial charge in [-0.1, -0.05) is 23.9 Å². The van der Waals surface area contributed by atoms with E-state index in [0.29, 0.717) is 34.7 Å². The summed E-state index contributed by atoms with van der Waals surface area (Å²) in [6, 6.07) is 7.38. The highest BCUT2D eigenvalue weighted by atomic mass is 32.2. The van der Waals surface area contributed by atoms with Gasteiger partial charge in [0.25, 0.3) is 5.22 Å². The fourth-order valence-electron chi connectivity index (χ4n) is 1.93. The lowest BCUT2D eigenvalue weighted by Crippen LogP contribution is -2.15. The molecule has 0 aliphatic rings. The van der Waals surface area contributed by atoms with Crippen LogP contribution in [-0.4, -0.2) is 26.8 Å². The Bertz CT molecular complexity index is 793. The third kappa shape index (κ3) is 3.16. The minimum atomic E-state index is -0.342. The Labute approximate surface area is 128 Å². The lowest BCUT2D eigenvalue weighted by Gasteiger charge is -1.99. The van der Waals surface area contributed by atoms with E-state index in [4.69, 9.17) is 8.83 Å². The Morgan fingerprint density at radius 2 is 2.10 bits per heavy atom. The topological polar surface area (TPSA) is 74.1 Å². The van der Waals surface area contributed by atoms with E-state index < -0.39 is 0 Å². The summed E-state index contributed by atoms with van der Waals surface area (Å²) in [5, 5.41) is 8.43. The minimum absolute atomic E-state index is 0.342. The molecule has 2 aromatic heterocycles. The number of fused-ring (bicyclic) bond motifs is 1. The van der Waals surface area contributed by atoms with Crippen LogP contribution in [0, 0.1) is 0 Å². The molecule has 0 aliphatic carbocycles. The predicted molar refractivity (Wildman–Crippen MR) is 82.7 cm³/mol. The lowest BCUT2D eigenvalue weighted by atomic mass is 10.3. The molecule has 0 aliphatic heterocycles. The van der Waals surface area contributed by atoms with Crippen LogP contribution in [0.15, 0.2) is 43.1 Å². The van der Waals surface area contributed by atoms with Gasteiger partial charge in [-0.15, -0.1) is 10.2 Å². The number of hydrogen-bond donors (Lipinski definition) is 0. The first-order valence-corrected chi connectivity index (χ1v) is 8.68. The third-order valence-electron chi connectivity index (χ3n) is 2.83. The van der Waals surface area contributed by atoms with Crippen molar-refractivity contribution < 1.29 is 8.83 Å². The van der Waals surface area contributed by atoms with Crippen molar-refractivity contribution in [3.05, 3.63) is 40.7 Å². The molecule has 0 radical (unpaired) electrons. The molecule has 110 valence electrons. The molecule has 0 atom stereocenters. The van der Waals surface area contributed by atoms with Gasteiger partial charge in [0.1, 0.15) is 0 Å². The van der Waals surface area contributed by atoms with Gasteiger partial charge in [0.15, 0.2) is 5.58 Å². The van der Waals surface area contributed by atoms with Crippen molar-refractivity contribution in [3.8, 4) is 0 Å². The molecule has 21 heavy (non-hydrogen) atoms. The van der Waals surface area contributed by atoms with Crippen LogP contribution < -0.4 is 5.76 Å². The van der Waals surface area contributed by atoms with Gasteiger partial charge < -0.3 is 8.83 Å². The van der Waals surface area contributed by atoms with E-state index in [1.165, 1.54) is 11.8 Å². The molecule has 0 amide bonds. The van der Waals surface area contributed by atoms with Crippen LogP contribution in [0.1, 0.15) is 5.89 Å². The van der Waals surface area contributed by atoms with Crippen LogP contribution in [0.4, 0.5) is 0 Å². The number of nitrogens with zero attached hydrogens (tertiary/aromatic N) is 3. The first-order chi connectivity index (χ1) is 10.3. The van der Waals surface area contributed by atoms with E-state index in [9.17, 15) is 4.79 Å². The van der Waals surface area contributed by atoms with E-state index in [1.807, 2.05) is 24.5 Å². The first kappa shape index (κ1) is 14.3. The molecule has 3 aromatic rings. The molecular formula is C13H13N3O3S2. The second-order valence-corrected chi connectivity index (χ2v) is 6.14. The molecule has 8 heteroatoms. The highest BCUT2D eigenvalue weighted by Gasteiger charge is 2.10. The predicted octanol–water partition coefficient (Wildman–Crippen LogP) is 2.63. The summed E-state index contributed by atoms with van der Waals surface area (Å²) in [7, 11) is 0. The van der Waals surface area contributed by atoms with Gasteiger partial charge in [-0.3, -0.25) is 4.57 Å². The van der Waals surface area contributed by atoms with E-state index in [1.54, 1.807) is 22.4 Å². The first-order valence-electron chi connectivity index (χ1n) is 6.30. The Morgan fingerprint density at radius 1 is 1.24 bits per heavy atom. The zero-order chi connectivity index (χ0) is 14.7. The molecule has 6 nitrogen and oxygen atoms in total. The lowest BCUT2D eigenvalue weighted by molar-refractivity contribution is 0.426. The Hall–Kier alpha value is -1.67. The Morgan fingerprint density at radius 3 is 2.95 bits per heavy atom. The van der Waals surface area contributed by atoms with Crippen molar-refractivity contribution in [2.24, 2.45) is 0 Å². The highest BCUT2D eigenvalue weighted by molar-refractivity contribution is 7.99. The zero-order valence-corrected chi connectivity index (χ0v) is 12.9. The maximum atomic E-state index is 11.8. The molecule has 0 fully saturated rings. The van der Waals surface area contributed by atoms with Crippen molar-refractivity contribution >= 4 is 34.6 Å². The van der Waals surface area contributed by atoms with Crippen LogP contribution in [-0.2, 0) is 12.3 Å². The summed E-state index contributed by atoms with van der Waals surface area (Å²) < 4.78 is 12.3. The summed E-state index contributed by atoms with van der Waals surface area (Å²) in [4.78, 5) is 11.8. The Balaban J connectivity index is 1.66. The average molecular weight is 323 g/mol. The summed E-state index contributed by atoms with van der Waals surface area (Å²) in [5.74, 6) is 1.64. The van der Waals surface area contributed by atoms with E-state index in [0.717, 1.165) is 5.52 Å². The van der Waals surface area contributed by atoms with Crippen LogP contribution >= 0.6 is 23.5 Å². The molecular weight excluding hydrogens is 310 g/mol. The van der Waals surface area contributed by atoms with Crippen molar-refractivity contribution in [1.29, 1.82) is 0 Å². The van der Waals surface area contributed by atoms with Crippen LogP contribution in [0.2, 0.25) is 0 Å². The van der Waals surface area contributed by atoms with Gasteiger partial charge in [-0.05, 0) is 18.4 Å². The molecule has 0 bridgehead atoms. The number of thioether (sulfide) groups is 2. The molecule has 0 saturated carbocycles. The molecule has 2 heterocycles. The van der Waals surface area contributed by atoms with Gasteiger partial charge in [0, 0.05) is 12.3 Å². The molecule has 0 unspecified atom stereocenters. The van der Waals surface area contributed by atoms with Crippen molar-refractivity contribution in [1.82, 2.24) is 14.8 Å². The average Bonchev–Trinajstić information content (AvgIpc) is 3.05. The number of aromatic nitrogens is 3. The van der Waals surface area contributed by atoms with Crippen LogP contribution in [0.5, 0.6) is 0 Å². The number of benzene rings is 1. The second kappa shape index (κ2) is 6.40. The number of oxazole rings is 1. The maximum Gasteiger partial charge on any atom is 0.419 e. The number of rotatable bonds is 6. The van der Waals surface area contributed by atoms with E-state index in [-0.39, 0.29) is 5.76 Å². The van der Waals surface area contributed by atoms with Crippen molar-refractivity contribution in [2.45, 2.75) is 17.5 Å². The molecule has 0 spiro atoms. The quantitative estimate of drug-likeness (QED) is 0.645. The molecule has 0 saturated heterocycles. The Kier molecular flexibility index (Phi) is 4.35. The van der Waals surface area contributed by atoms with Gasteiger partial charge in [-0.2, -0.15) is 11.8 Å². The third-order valence-corrected chi connectivity index (χ3v) is 4.16. The summed E-state index contributed by atoms with van der Waals surface area (Å²) in [5.41, 5.74) is 1.41.